The molecule has 1 aromatic carbocycles. The van der Waals surface area contributed by atoms with E-state index < -0.39 is 0 Å². The Morgan fingerprint density at radius 3 is 2.93 bits per heavy atom. The van der Waals surface area contributed by atoms with Gasteiger partial charge in [0.25, 0.3) is 0 Å². The van der Waals surface area contributed by atoms with Crippen LogP contribution in [0.15, 0.2) is 24.3 Å². The number of anilines is 2. The molecule has 2 atom stereocenters. The van der Waals surface area contributed by atoms with Crippen LogP contribution in [0.4, 0.5) is 11.4 Å². The maximum atomic E-state index is 5.81. The minimum Gasteiger partial charge on any atom is -0.399 e. The standard InChI is InChI=1S/C12H18N2S/c1-9-10(2)15-7-6-14(9)12-5-3-4-11(13)8-12/h3-5,8-10H,6-7,13H2,1-2H3. The van der Waals surface area contributed by atoms with Gasteiger partial charge in [-0.2, -0.15) is 11.8 Å². The summed E-state index contributed by atoms with van der Waals surface area (Å²) in [7, 11) is 0. The van der Waals surface area contributed by atoms with Gasteiger partial charge in [-0.3, -0.25) is 0 Å². The molecule has 2 nitrogen and oxygen atoms in total. The van der Waals surface area contributed by atoms with E-state index in [4.69, 9.17) is 5.73 Å². The zero-order chi connectivity index (χ0) is 10.8. The Morgan fingerprint density at radius 1 is 1.40 bits per heavy atom. The molecule has 0 aromatic heterocycles. The summed E-state index contributed by atoms with van der Waals surface area (Å²) in [5.74, 6) is 1.21. The lowest BCUT2D eigenvalue weighted by Crippen LogP contribution is -2.44. The van der Waals surface area contributed by atoms with Gasteiger partial charge in [-0.15, -0.1) is 0 Å². The van der Waals surface area contributed by atoms with Crippen LogP contribution in [0, 0.1) is 0 Å². The Balaban J connectivity index is 2.22. The van der Waals surface area contributed by atoms with E-state index in [1.807, 2.05) is 12.1 Å². The molecule has 1 fully saturated rings. The van der Waals surface area contributed by atoms with Gasteiger partial charge in [0.2, 0.25) is 0 Å². The van der Waals surface area contributed by atoms with E-state index >= 15 is 0 Å². The number of benzene rings is 1. The van der Waals surface area contributed by atoms with Gasteiger partial charge in [0, 0.05) is 35.0 Å². The molecule has 0 radical (unpaired) electrons. The topological polar surface area (TPSA) is 29.3 Å². The monoisotopic (exact) mass is 222 g/mol. The van der Waals surface area contributed by atoms with Crippen molar-refractivity contribution in [1.82, 2.24) is 0 Å². The Kier molecular flexibility index (Phi) is 3.10. The van der Waals surface area contributed by atoms with Gasteiger partial charge in [-0.25, -0.2) is 0 Å². The second-order valence-electron chi connectivity index (χ2n) is 4.10. The molecule has 82 valence electrons. The predicted octanol–water partition coefficient (Wildman–Crippen LogP) is 2.60. The molecule has 1 heterocycles. The second-order valence-corrected chi connectivity index (χ2v) is 5.59. The third-order valence-electron chi connectivity index (χ3n) is 3.09. The molecule has 3 heteroatoms. The van der Waals surface area contributed by atoms with Crippen molar-refractivity contribution >= 4 is 23.1 Å². The van der Waals surface area contributed by atoms with Crippen LogP contribution < -0.4 is 10.6 Å². The number of nitrogens with two attached hydrogens (primary N) is 1. The predicted molar refractivity (Wildman–Crippen MR) is 69.6 cm³/mol. The van der Waals surface area contributed by atoms with E-state index in [9.17, 15) is 0 Å². The molecule has 1 aromatic rings. The third-order valence-corrected chi connectivity index (χ3v) is 4.42. The highest BCUT2D eigenvalue weighted by Crippen LogP contribution is 2.29. The summed E-state index contributed by atoms with van der Waals surface area (Å²) in [5, 5.41) is 0.695. The highest BCUT2D eigenvalue weighted by molar-refractivity contribution is 8.00. The second kappa shape index (κ2) is 4.35. The van der Waals surface area contributed by atoms with Crippen molar-refractivity contribution < 1.29 is 0 Å². The fourth-order valence-corrected chi connectivity index (χ4v) is 3.10. The van der Waals surface area contributed by atoms with Crippen LogP contribution >= 0.6 is 11.8 Å². The van der Waals surface area contributed by atoms with Crippen LogP contribution in [0.2, 0.25) is 0 Å². The van der Waals surface area contributed by atoms with Crippen LogP contribution in [-0.2, 0) is 0 Å². The molecule has 0 spiro atoms. The fraction of sp³-hybridized carbons (Fsp3) is 0.500. The van der Waals surface area contributed by atoms with Gasteiger partial charge in [0.15, 0.2) is 0 Å². The molecular weight excluding hydrogens is 204 g/mol. The minimum absolute atomic E-state index is 0.588. The number of hydrogen-bond acceptors (Lipinski definition) is 3. The summed E-state index contributed by atoms with van der Waals surface area (Å²) < 4.78 is 0. The van der Waals surface area contributed by atoms with Crippen molar-refractivity contribution in [3.8, 4) is 0 Å². The van der Waals surface area contributed by atoms with Gasteiger partial charge in [-0.05, 0) is 25.1 Å². The zero-order valence-electron chi connectivity index (χ0n) is 9.31. The molecule has 0 saturated carbocycles. The summed E-state index contributed by atoms with van der Waals surface area (Å²) in [6, 6.07) is 8.78. The van der Waals surface area contributed by atoms with E-state index in [1.54, 1.807) is 0 Å². The van der Waals surface area contributed by atoms with Crippen molar-refractivity contribution in [2.24, 2.45) is 0 Å². The van der Waals surface area contributed by atoms with Crippen LogP contribution in [0.5, 0.6) is 0 Å². The Hall–Kier alpha value is -0.830. The number of nitrogen functional groups attached to an aromatic ring is 1. The first-order chi connectivity index (χ1) is 7.18. The lowest BCUT2D eigenvalue weighted by molar-refractivity contribution is 0.627. The highest BCUT2D eigenvalue weighted by atomic mass is 32.2. The minimum atomic E-state index is 0.588. The average Bonchev–Trinajstić information content (AvgIpc) is 2.22. The largest absolute Gasteiger partial charge is 0.399 e. The summed E-state index contributed by atoms with van der Waals surface area (Å²) in [4.78, 5) is 2.46. The van der Waals surface area contributed by atoms with Gasteiger partial charge in [-0.1, -0.05) is 13.0 Å². The summed E-state index contributed by atoms with van der Waals surface area (Å²) in [5.41, 5.74) is 7.92. The first kappa shape index (κ1) is 10.7. The first-order valence-corrected chi connectivity index (χ1v) is 6.47. The van der Waals surface area contributed by atoms with Gasteiger partial charge >= 0.3 is 0 Å². The van der Waals surface area contributed by atoms with Gasteiger partial charge < -0.3 is 10.6 Å². The van der Waals surface area contributed by atoms with Crippen molar-refractivity contribution in [2.45, 2.75) is 25.1 Å². The lowest BCUT2D eigenvalue weighted by Gasteiger charge is -2.39. The van der Waals surface area contributed by atoms with E-state index in [1.165, 1.54) is 11.4 Å². The number of rotatable bonds is 1. The summed E-state index contributed by atoms with van der Waals surface area (Å²) >= 11 is 2.06. The highest BCUT2D eigenvalue weighted by Gasteiger charge is 2.25. The zero-order valence-corrected chi connectivity index (χ0v) is 10.1. The Labute approximate surface area is 95.8 Å². The summed E-state index contributed by atoms with van der Waals surface area (Å²) in [6.07, 6.45) is 0. The number of hydrogen-bond donors (Lipinski definition) is 1. The quantitative estimate of drug-likeness (QED) is 0.741. The van der Waals surface area contributed by atoms with Crippen LogP contribution in [0.1, 0.15) is 13.8 Å². The molecule has 1 saturated heterocycles. The molecule has 1 aliphatic rings. The van der Waals surface area contributed by atoms with Gasteiger partial charge in [0.05, 0.1) is 0 Å². The van der Waals surface area contributed by atoms with Crippen LogP contribution in [0.3, 0.4) is 0 Å². The molecular formula is C12H18N2S. The SMILES string of the molecule is CC1SCCN(c2cccc(N)c2)C1C. The third kappa shape index (κ3) is 2.23. The first-order valence-electron chi connectivity index (χ1n) is 5.42. The molecule has 2 rings (SSSR count). The van der Waals surface area contributed by atoms with E-state index in [-0.39, 0.29) is 0 Å². The molecule has 0 bridgehead atoms. The molecule has 0 amide bonds. The van der Waals surface area contributed by atoms with Crippen molar-refractivity contribution in [2.75, 3.05) is 22.9 Å². The Bertz CT molecular complexity index is 340. The fourth-order valence-electron chi connectivity index (χ4n) is 2.00. The number of nitrogens with zero attached hydrogens (tertiary/aromatic N) is 1. The van der Waals surface area contributed by atoms with Crippen molar-refractivity contribution in [1.29, 1.82) is 0 Å². The van der Waals surface area contributed by atoms with Crippen molar-refractivity contribution in [3.63, 3.8) is 0 Å². The number of thioether (sulfide) groups is 1. The average molecular weight is 222 g/mol. The van der Waals surface area contributed by atoms with Crippen LogP contribution in [-0.4, -0.2) is 23.6 Å². The summed E-state index contributed by atoms with van der Waals surface area (Å²) in [6.45, 7) is 5.72. The van der Waals surface area contributed by atoms with E-state index in [0.29, 0.717) is 11.3 Å². The molecule has 2 N–H and O–H groups in total. The van der Waals surface area contributed by atoms with Crippen molar-refractivity contribution in [3.05, 3.63) is 24.3 Å². The Morgan fingerprint density at radius 2 is 2.20 bits per heavy atom. The maximum absolute atomic E-state index is 5.81. The maximum Gasteiger partial charge on any atom is 0.0389 e. The molecule has 0 aliphatic carbocycles. The lowest BCUT2D eigenvalue weighted by atomic mass is 10.1. The van der Waals surface area contributed by atoms with E-state index in [2.05, 4.69) is 42.6 Å². The molecule has 1 aliphatic heterocycles. The van der Waals surface area contributed by atoms with Crippen LogP contribution in [0.25, 0.3) is 0 Å². The molecule has 2 unspecified atom stereocenters. The smallest absolute Gasteiger partial charge is 0.0389 e. The normalized spacial score (nSPS) is 26.7. The van der Waals surface area contributed by atoms with Gasteiger partial charge in [0.1, 0.15) is 0 Å². The molecule has 15 heavy (non-hydrogen) atoms. The van der Waals surface area contributed by atoms with E-state index in [0.717, 1.165) is 12.2 Å².